The summed E-state index contributed by atoms with van der Waals surface area (Å²) in [7, 11) is 0. The molecule has 0 radical (unpaired) electrons. The number of aliphatic hydroxyl groups is 2. The van der Waals surface area contributed by atoms with Crippen molar-refractivity contribution in [3.8, 4) is 5.75 Å². The van der Waals surface area contributed by atoms with Gasteiger partial charge >= 0.3 is 12.1 Å². The fourth-order valence-corrected chi connectivity index (χ4v) is 2.21. The number of benzene rings is 2. The molecule has 0 saturated heterocycles. The van der Waals surface area contributed by atoms with Gasteiger partial charge in [0.05, 0.1) is 5.56 Å². The molecule has 5 N–H and O–H groups in total. The lowest BCUT2D eigenvalue weighted by Gasteiger charge is -2.19. The molecule has 0 saturated carbocycles. The van der Waals surface area contributed by atoms with E-state index in [1.165, 1.54) is 6.07 Å². The highest BCUT2D eigenvalue weighted by Crippen LogP contribution is 2.27. The Labute approximate surface area is 149 Å². The van der Waals surface area contributed by atoms with Crippen LogP contribution in [0.1, 0.15) is 27.6 Å². The van der Waals surface area contributed by atoms with E-state index in [-0.39, 0.29) is 30.0 Å². The average Bonchev–Trinajstić information content (AvgIpc) is 2.64. The number of alkyl carbamates (subject to hydrolysis) is 1. The highest BCUT2D eigenvalue weighted by atomic mass is 16.5. The van der Waals surface area contributed by atoms with Gasteiger partial charge in [-0.15, -0.1) is 0 Å². The Hall–Kier alpha value is -3.10. The van der Waals surface area contributed by atoms with E-state index in [4.69, 9.17) is 9.84 Å². The van der Waals surface area contributed by atoms with Crippen molar-refractivity contribution in [3.63, 3.8) is 0 Å². The van der Waals surface area contributed by atoms with Gasteiger partial charge in [-0.1, -0.05) is 30.3 Å². The number of carbonyl (C=O) groups is 2. The van der Waals surface area contributed by atoms with Crippen LogP contribution in [0.2, 0.25) is 0 Å². The highest BCUT2D eigenvalue weighted by Gasteiger charge is 2.23. The van der Waals surface area contributed by atoms with Crippen LogP contribution in [0.25, 0.3) is 0 Å². The number of aliphatic hydroxyl groups excluding tert-OH is 2. The highest BCUT2D eigenvalue weighted by molar-refractivity contribution is 5.88. The molecular weight excluding hydrogens is 342 g/mol. The normalized spacial score (nSPS) is 12.8. The minimum absolute atomic E-state index is 0.0484. The second-order valence-electron chi connectivity index (χ2n) is 5.53. The zero-order valence-corrected chi connectivity index (χ0v) is 13.7. The third-order valence-corrected chi connectivity index (χ3v) is 3.63. The maximum Gasteiger partial charge on any atom is 0.407 e. The van der Waals surface area contributed by atoms with Crippen LogP contribution in [0.5, 0.6) is 5.75 Å². The molecule has 2 aromatic carbocycles. The molecule has 0 aliphatic heterocycles. The van der Waals surface area contributed by atoms with E-state index in [1.807, 2.05) is 6.07 Å². The van der Waals surface area contributed by atoms with Crippen molar-refractivity contribution in [2.24, 2.45) is 0 Å². The number of hydrogen-bond donors (Lipinski definition) is 5. The van der Waals surface area contributed by atoms with E-state index in [1.54, 1.807) is 24.3 Å². The van der Waals surface area contributed by atoms with Gasteiger partial charge in [0.2, 0.25) is 0 Å². The van der Waals surface area contributed by atoms with Crippen molar-refractivity contribution < 1.29 is 34.8 Å². The second kappa shape index (κ2) is 8.84. The van der Waals surface area contributed by atoms with E-state index in [0.29, 0.717) is 0 Å². The van der Waals surface area contributed by atoms with Crippen LogP contribution in [0.15, 0.2) is 48.5 Å². The van der Waals surface area contributed by atoms with Gasteiger partial charge in [-0.3, -0.25) is 0 Å². The number of carboxylic acids is 1. The molecule has 2 rings (SSSR count). The number of phenolic OH excluding ortho intramolecular Hbond substituents is 1. The summed E-state index contributed by atoms with van der Waals surface area (Å²) in [5, 5.41) is 41.1. The quantitative estimate of drug-likeness (QED) is 0.503. The summed E-state index contributed by atoms with van der Waals surface area (Å²) in [6, 6.07) is 12.3. The number of carboxylic acid groups (broad SMARTS) is 1. The predicted molar refractivity (Wildman–Crippen MR) is 90.7 cm³/mol. The van der Waals surface area contributed by atoms with Gasteiger partial charge in [0, 0.05) is 12.1 Å². The second-order valence-corrected chi connectivity index (χ2v) is 5.53. The van der Waals surface area contributed by atoms with Gasteiger partial charge in [-0.25, -0.2) is 9.59 Å². The lowest BCUT2D eigenvalue weighted by Crippen LogP contribution is -2.35. The molecule has 0 heterocycles. The van der Waals surface area contributed by atoms with Crippen LogP contribution < -0.4 is 5.32 Å². The summed E-state index contributed by atoms with van der Waals surface area (Å²) >= 11 is 0. The molecule has 0 aliphatic rings. The van der Waals surface area contributed by atoms with Crippen LogP contribution in [-0.2, 0) is 11.3 Å². The SMILES string of the molecule is O=C(NCC(O)C(O)c1cc(C(=O)O)ccc1O)OCc1ccccc1. The Bertz CT molecular complexity index is 763. The number of phenols is 1. The molecule has 8 heteroatoms. The van der Waals surface area contributed by atoms with Crippen LogP contribution in [0.4, 0.5) is 4.79 Å². The molecule has 1 amide bonds. The zero-order chi connectivity index (χ0) is 19.1. The van der Waals surface area contributed by atoms with Crippen molar-refractivity contribution in [2.45, 2.75) is 18.8 Å². The van der Waals surface area contributed by atoms with Crippen molar-refractivity contribution in [1.29, 1.82) is 0 Å². The van der Waals surface area contributed by atoms with Gasteiger partial charge in [-0.2, -0.15) is 0 Å². The van der Waals surface area contributed by atoms with Crippen molar-refractivity contribution >= 4 is 12.1 Å². The number of ether oxygens (including phenoxy) is 1. The van der Waals surface area contributed by atoms with Gasteiger partial charge in [0.25, 0.3) is 0 Å². The lowest BCUT2D eigenvalue weighted by molar-refractivity contribution is 0.0170. The Morgan fingerprint density at radius 3 is 2.42 bits per heavy atom. The predicted octanol–water partition coefficient (Wildman–Crippen LogP) is 1.41. The van der Waals surface area contributed by atoms with Gasteiger partial charge in [0.1, 0.15) is 24.6 Å². The Morgan fingerprint density at radius 2 is 1.77 bits per heavy atom. The third-order valence-electron chi connectivity index (χ3n) is 3.63. The molecule has 2 unspecified atom stereocenters. The van der Waals surface area contributed by atoms with Crippen LogP contribution in [0.3, 0.4) is 0 Å². The molecule has 0 bridgehead atoms. The fraction of sp³-hybridized carbons (Fsp3) is 0.222. The first-order valence-corrected chi connectivity index (χ1v) is 7.75. The van der Waals surface area contributed by atoms with Crippen molar-refractivity contribution in [1.82, 2.24) is 5.32 Å². The van der Waals surface area contributed by atoms with Crippen LogP contribution >= 0.6 is 0 Å². The molecule has 2 aromatic rings. The first-order valence-electron chi connectivity index (χ1n) is 7.75. The number of hydrogen-bond acceptors (Lipinski definition) is 6. The van der Waals surface area contributed by atoms with Gasteiger partial charge < -0.3 is 30.5 Å². The number of amides is 1. The molecular formula is C18H19NO7. The largest absolute Gasteiger partial charge is 0.508 e. The topological polar surface area (TPSA) is 136 Å². The number of carbonyl (C=O) groups excluding carboxylic acids is 1. The Morgan fingerprint density at radius 1 is 1.08 bits per heavy atom. The minimum Gasteiger partial charge on any atom is -0.508 e. The van der Waals surface area contributed by atoms with Gasteiger partial charge in [0.15, 0.2) is 0 Å². The smallest absolute Gasteiger partial charge is 0.407 e. The van der Waals surface area contributed by atoms with Crippen LogP contribution in [0, 0.1) is 0 Å². The summed E-state index contributed by atoms with van der Waals surface area (Å²) in [5.41, 5.74) is 0.481. The monoisotopic (exact) mass is 361 g/mol. The molecule has 0 aliphatic carbocycles. The summed E-state index contributed by atoms with van der Waals surface area (Å²) < 4.78 is 4.97. The Kier molecular flexibility index (Phi) is 6.54. The van der Waals surface area contributed by atoms with E-state index in [0.717, 1.165) is 17.7 Å². The molecule has 138 valence electrons. The van der Waals surface area contributed by atoms with Gasteiger partial charge in [-0.05, 0) is 23.8 Å². The first-order chi connectivity index (χ1) is 12.4. The van der Waals surface area contributed by atoms with Crippen LogP contribution in [-0.4, -0.2) is 45.1 Å². The number of nitrogens with one attached hydrogen (secondary N) is 1. The molecule has 8 nitrogen and oxygen atoms in total. The van der Waals surface area contributed by atoms with Crippen molar-refractivity contribution in [2.75, 3.05) is 6.54 Å². The van der Waals surface area contributed by atoms with E-state index in [9.17, 15) is 24.9 Å². The summed E-state index contributed by atoms with van der Waals surface area (Å²) in [6.07, 6.45) is -3.86. The third kappa shape index (κ3) is 5.20. The molecule has 26 heavy (non-hydrogen) atoms. The fourth-order valence-electron chi connectivity index (χ4n) is 2.21. The number of aromatic hydroxyl groups is 1. The standard InChI is InChI=1S/C18H19NO7/c20-14-7-6-12(17(23)24)8-13(14)16(22)15(21)9-19-18(25)26-10-11-4-2-1-3-5-11/h1-8,15-16,20-22H,9-10H2,(H,19,25)(H,23,24). The summed E-state index contributed by atoms with van der Waals surface area (Å²) in [4.78, 5) is 22.6. The molecule has 0 fully saturated rings. The Balaban J connectivity index is 1.88. The lowest BCUT2D eigenvalue weighted by atomic mass is 10.0. The maximum absolute atomic E-state index is 11.6. The summed E-state index contributed by atoms with van der Waals surface area (Å²) in [6.45, 7) is -0.307. The zero-order valence-electron chi connectivity index (χ0n) is 13.7. The van der Waals surface area contributed by atoms with Crippen molar-refractivity contribution in [3.05, 3.63) is 65.2 Å². The molecule has 0 aromatic heterocycles. The average molecular weight is 361 g/mol. The first kappa shape index (κ1) is 19.2. The maximum atomic E-state index is 11.6. The minimum atomic E-state index is -1.59. The summed E-state index contributed by atoms with van der Waals surface area (Å²) in [5.74, 6) is -1.61. The van der Waals surface area contributed by atoms with E-state index >= 15 is 0 Å². The molecule has 2 atom stereocenters. The molecule has 0 spiro atoms. The van der Waals surface area contributed by atoms with E-state index < -0.39 is 24.3 Å². The number of rotatable bonds is 7. The van der Waals surface area contributed by atoms with E-state index in [2.05, 4.69) is 5.32 Å². The number of aromatic carboxylic acids is 1.